The van der Waals surface area contributed by atoms with Crippen LogP contribution in [0.2, 0.25) is 0 Å². The van der Waals surface area contributed by atoms with Crippen LogP contribution in [0.1, 0.15) is 44.7 Å². The highest BCUT2D eigenvalue weighted by atomic mass is 79.9. The monoisotopic (exact) mass is 550 g/mol. The summed E-state index contributed by atoms with van der Waals surface area (Å²) >= 11 is 7.34. The van der Waals surface area contributed by atoms with Gasteiger partial charge < -0.3 is 9.47 Å². The molecule has 2 aromatic carbocycles. The summed E-state index contributed by atoms with van der Waals surface area (Å²) in [5.41, 5.74) is 2.43. The van der Waals surface area contributed by atoms with Crippen LogP contribution in [0.25, 0.3) is 0 Å². The minimum atomic E-state index is 0.00997. The predicted octanol–water partition coefficient (Wildman–Crippen LogP) is 7.27. The van der Waals surface area contributed by atoms with E-state index in [2.05, 4.69) is 52.6 Å². The second-order valence-corrected chi connectivity index (χ2v) is 11.4. The molecule has 2 atom stereocenters. The maximum Gasteiger partial charge on any atom is 0.139 e. The molecule has 3 nitrogen and oxygen atoms in total. The van der Waals surface area contributed by atoms with Crippen molar-refractivity contribution in [2.75, 3.05) is 14.2 Å². The van der Waals surface area contributed by atoms with E-state index in [-0.39, 0.29) is 17.3 Å². The van der Waals surface area contributed by atoms with Crippen molar-refractivity contribution in [2.45, 2.75) is 46.5 Å². The standard InChI is InChI=1S/C26H32Br2O3/c1-26(2,3)20-12-18(10-16-14-21(30-4)6-8-23(16)27)25(29)19(13-20)11-17-15-22(31-5)7-9-24(17)28/h6-9,14-15,18-20H,10-13H2,1-5H3/t18-,19-/m1/s1. The maximum atomic E-state index is 13.6. The zero-order valence-electron chi connectivity index (χ0n) is 19.0. The number of ether oxygens (including phenoxy) is 2. The third-order valence-electron chi connectivity index (χ3n) is 6.61. The average molecular weight is 552 g/mol. The Morgan fingerprint density at radius 1 is 0.839 bits per heavy atom. The number of methoxy groups -OCH3 is 2. The van der Waals surface area contributed by atoms with E-state index in [1.807, 2.05) is 36.4 Å². The predicted molar refractivity (Wildman–Crippen MR) is 133 cm³/mol. The molecule has 2 aromatic rings. The van der Waals surface area contributed by atoms with Crippen LogP contribution in [-0.2, 0) is 17.6 Å². The molecule has 0 unspecified atom stereocenters. The lowest BCUT2D eigenvalue weighted by atomic mass is 9.63. The average Bonchev–Trinajstić information content (AvgIpc) is 2.73. The zero-order valence-corrected chi connectivity index (χ0v) is 22.2. The molecule has 0 aromatic heterocycles. The summed E-state index contributed by atoms with van der Waals surface area (Å²) in [6.07, 6.45) is 3.33. The number of carbonyl (C=O) groups excluding carboxylic acids is 1. The van der Waals surface area contributed by atoms with Gasteiger partial charge in [-0.25, -0.2) is 0 Å². The van der Waals surface area contributed by atoms with Gasteiger partial charge in [-0.05, 0) is 84.5 Å². The van der Waals surface area contributed by atoms with Gasteiger partial charge in [0.15, 0.2) is 0 Å². The van der Waals surface area contributed by atoms with E-state index >= 15 is 0 Å². The number of rotatable bonds is 6. The number of halogens is 2. The summed E-state index contributed by atoms with van der Waals surface area (Å²) in [6, 6.07) is 12.0. The third-order valence-corrected chi connectivity index (χ3v) is 8.15. The maximum absolute atomic E-state index is 13.6. The van der Waals surface area contributed by atoms with Crippen molar-refractivity contribution in [1.82, 2.24) is 0 Å². The molecule has 31 heavy (non-hydrogen) atoms. The van der Waals surface area contributed by atoms with Gasteiger partial charge in [0.25, 0.3) is 0 Å². The van der Waals surface area contributed by atoms with Crippen LogP contribution in [0.15, 0.2) is 45.3 Å². The summed E-state index contributed by atoms with van der Waals surface area (Å²) < 4.78 is 12.9. The summed E-state index contributed by atoms with van der Waals surface area (Å²) in [5.74, 6) is 2.54. The minimum Gasteiger partial charge on any atom is -0.497 e. The van der Waals surface area contributed by atoms with Crippen molar-refractivity contribution in [3.05, 3.63) is 56.5 Å². The topological polar surface area (TPSA) is 35.5 Å². The Hall–Kier alpha value is -1.33. The van der Waals surface area contributed by atoms with E-state index in [4.69, 9.17) is 9.47 Å². The minimum absolute atomic E-state index is 0.00997. The molecule has 1 aliphatic carbocycles. The van der Waals surface area contributed by atoms with E-state index in [1.165, 1.54) is 0 Å². The first-order valence-corrected chi connectivity index (χ1v) is 12.4. The van der Waals surface area contributed by atoms with E-state index in [9.17, 15) is 4.79 Å². The fourth-order valence-corrected chi connectivity index (χ4v) is 5.44. The van der Waals surface area contributed by atoms with Gasteiger partial charge in [0, 0.05) is 20.8 Å². The summed E-state index contributed by atoms with van der Waals surface area (Å²) in [6.45, 7) is 6.89. The lowest BCUT2D eigenvalue weighted by Crippen LogP contribution is -2.39. The second kappa shape index (κ2) is 10.1. The Balaban J connectivity index is 1.89. The highest BCUT2D eigenvalue weighted by Crippen LogP contribution is 2.44. The van der Waals surface area contributed by atoms with E-state index in [0.717, 1.165) is 57.3 Å². The third kappa shape index (κ3) is 5.92. The molecule has 168 valence electrons. The molecule has 0 spiro atoms. The van der Waals surface area contributed by atoms with E-state index in [0.29, 0.717) is 11.7 Å². The van der Waals surface area contributed by atoms with Crippen LogP contribution in [0, 0.1) is 23.2 Å². The van der Waals surface area contributed by atoms with Crippen LogP contribution >= 0.6 is 31.9 Å². The Kier molecular flexibility index (Phi) is 7.90. The molecule has 1 saturated carbocycles. The Labute approximate surface area is 203 Å². The lowest BCUT2D eigenvalue weighted by Gasteiger charge is -2.41. The fraction of sp³-hybridized carbons (Fsp3) is 0.500. The summed E-state index contributed by atoms with van der Waals surface area (Å²) in [4.78, 5) is 13.6. The fourth-order valence-electron chi connectivity index (χ4n) is 4.62. The highest BCUT2D eigenvalue weighted by Gasteiger charge is 2.40. The molecule has 5 heteroatoms. The molecule has 0 amide bonds. The molecule has 0 radical (unpaired) electrons. The molecular formula is C26H32Br2O3. The number of benzene rings is 2. The van der Waals surface area contributed by atoms with Gasteiger partial charge in [0.2, 0.25) is 0 Å². The van der Waals surface area contributed by atoms with Crippen LogP contribution < -0.4 is 9.47 Å². The van der Waals surface area contributed by atoms with Gasteiger partial charge in [-0.2, -0.15) is 0 Å². The molecule has 0 aliphatic heterocycles. The number of Topliss-reactive ketones (excluding diaryl/α,β-unsaturated/α-hetero) is 1. The van der Waals surface area contributed by atoms with Gasteiger partial charge in [0.05, 0.1) is 14.2 Å². The van der Waals surface area contributed by atoms with Crippen molar-refractivity contribution < 1.29 is 14.3 Å². The van der Waals surface area contributed by atoms with Crippen molar-refractivity contribution in [2.24, 2.45) is 23.2 Å². The Morgan fingerprint density at radius 3 is 1.61 bits per heavy atom. The smallest absolute Gasteiger partial charge is 0.139 e. The van der Waals surface area contributed by atoms with Crippen LogP contribution in [-0.4, -0.2) is 20.0 Å². The molecule has 1 aliphatic rings. The lowest BCUT2D eigenvalue weighted by molar-refractivity contribution is -0.131. The van der Waals surface area contributed by atoms with Gasteiger partial charge in [-0.15, -0.1) is 0 Å². The first kappa shape index (κ1) is 24.3. The van der Waals surface area contributed by atoms with E-state index < -0.39 is 0 Å². The quantitative estimate of drug-likeness (QED) is 0.378. The van der Waals surface area contributed by atoms with Gasteiger partial charge in [-0.1, -0.05) is 52.6 Å². The zero-order chi connectivity index (χ0) is 22.8. The Morgan fingerprint density at radius 2 is 1.26 bits per heavy atom. The summed E-state index contributed by atoms with van der Waals surface area (Å²) in [5, 5.41) is 0. The van der Waals surface area contributed by atoms with Gasteiger partial charge in [0.1, 0.15) is 17.3 Å². The molecular weight excluding hydrogens is 520 g/mol. The van der Waals surface area contributed by atoms with Gasteiger partial charge >= 0.3 is 0 Å². The molecule has 0 heterocycles. The normalized spacial score (nSPS) is 21.8. The van der Waals surface area contributed by atoms with Crippen LogP contribution in [0.3, 0.4) is 0 Å². The molecule has 0 N–H and O–H groups in total. The number of hydrogen-bond acceptors (Lipinski definition) is 3. The number of hydrogen-bond donors (Lipinski definition) is 0. The van der Waals surface area contributed by atoms with Crippen molar-refractivity contribution in [1.29, 1.82) is 0 Å². The SMILES string of the molecule is COc1ccc(Br)c(C[C@@H]2CC(C(C)(C)C)C[C@@H](Cc3cc(OC)ccc3Br)C2=O)c1. The Bertz CT molecular complexity index is 865. The van der Waals surface area contributed by atoms with Crippen molar-refractivity contribution >= 4 is 37.6 Å². The van der Waals surface area contributed by atoms with E-state index in [1.54, 1.807) is 14.2 Å². The van der Waals surface area contributed by atoms with Crippen LogP contribution in [0.4, 0.5) is 0 Å². The van der Waals surface area contributed by atoms with Crippen molar-refractivity contribution in [3.63, 3.8) is 0 Å². The molecule has 3 rings (SSSR count). The molecule has 0 bridgehead atoms. The molecule has 0 saturated heterocycles. The largest absolute Gasteiger partial charge is 0.497 e. The summed E-state index contributed by atoms with van der Waals surface area (Å²) in [7, 11) is 3.35. The first-order valence-electron chi connectivity index (χ1n) is 10.8. The van der Waals surface area contributed by atoms with Gasteiger partial charge in [-0.3, -0.25) is 4.79 Å². The van der Waals surface area contributed by atoms with Crippen LogP contribution in [0.5, 0.6) is 11.5 Å². The first-order chi connectivity index (χ1) is 14.6. The molecule has 1 fully saturated rings. The highest BCUT2D eigenvalue weighted by molar-refractivity contribution is 9.10. The number of ketones is 1. The van der Waals surface area contributed by atoms with Crippen molar-refractivity contribution in [3.8, 4) is 11.5 Å². The second-order valence-electron chi connectivity index (χ2n) is 9.65. The number of carbonyl (C=O) groups is 1.